The highest BCUT2D eigenvalue weighted by molar-refractivity contribution is 5.12. The van der Waals surface area contributed by atoms with E-state index in [4.69, 9.17) is 4.74 Å². The number of rotatable bonds is 4. The molecule has 5 nitrogen and oxygen atoms in total. The molecule has 1 aromatic rings. The zero-order valence-electron chi connectivity index (χ0n) is 15.7. The van der Waals surface area contributed by atoms with Crippen LogP contribution in [0.4, 0.5) is 0 Å². The molecule has 0 unspecified atom stereocenters. The van der Waals surface area contributed by atoms with Crippen LogP contribution >= 0.6 is 0 Å². The Morgan fingerprint density at radius 3 is 2.56 bits per heavy atom. The number of piperidine rings is 1. The summed E-state index contributed by atoms with van der Waals surface area (Å²) in [5.41, 5.74) is 1.22. The Kier molecular flexibility index (Phi) is 5.73. The maximum absolute atomic E-state index is 6.12. The standard InChI is InChI=1S/C20H34N4O/c1-23-15-16(14-21-23)20-19(8-5-13-25-20)22-17-9-11-24(12-10-17)18-6-3-2-4-7-18/h14-15,17-20,22H,2-13H2,1H3/t19-,20+/m0/s1. The molecular formula is C20H34N4O. The van der Waals surface area contributed by atoms with Crippen LogP contribution in [0.15, 0.2) is 12.4 Å². The molecule has 0 bridgehead atoms. The number of likely N-dealkylation sites (tertiary alicyclic amines) is 1. The van der Waals surface area contributed by atoms with Crippen LogP contribution in [0.1, 0.15) is 69.5 Å². The summed E-state index contributed by atoms with van der Waals surface area (Å²) >= 11 is 0. The number of aryl methyl sites for hydroxylation is 1. The van der Waals surface area contributed by atoms with Crippen LogP contribution in [0, 0.1) is 0 Å². The Hall–Kier alpha value is -0.910. The van der Waals surface area contributed by atoms with Gasteiger partial charge >= 0.3 is 0 Å². The van der Waals surface area contributed by atoms with Crippen LogP contribution in [0.25, 0.3) is 0 Å². The third-order valence-electron chi connectivity index (χ3n) is 6.45. The molecular weight excluding hydrogens is 312 g/mol. The number of ether oxygens (including phenoxy) is 1. The summed E-state index contributed by atoms with van der Waals surface area (Å²) < 4.78 is 8.00. The molecule has 1 saturated carbocycles. The highest BCUT2D eigenvalue weighted by Gasteiger charge is 2.32. The SMILES string of the molecule is Cn1cc([C@H]2OCCC[C@@H]2NC2CCN(C3CCCCC3)CC2)cn1. The van der Waals surface area contributed by atoms with Crippen LogP contribution in [-0.4, -0.2) is 52.5 Å². The monoisotopic (exact) mass is 346 g/mol. The zero-order valence-corrected chi connectivity index (χ0v) is 15.7. The number of aromatic nitrogens is 2. The smallest absolute Gasteiger partial charge is 0.101 e. The van der Waals surface area contributed by atoms with E-state index < -0.39 is 0 Å². The summed E-state index contributed by atoms with van der Waals surface area (Å²) in [5.74, 6) is 0. The van der Waals surface area contributed by atoms with E-state index in [2.05, 4.69) is 21.5 Å². The molecule has 1 aliphatic carbocycles. The second-order valence-corrected chi connectivity index (χ2v) is 8.26. The van der Waals surface area contributed by atoms with E-state index >= 15 is 0 Å². The van der Waals surface area contributed by atoms with Gasteiger partial charge in [-0.25, -0.2) is 0 Å². The Labute approximate surface area is 152 Å². The molecule has 3 aliphatic rings. The maximum atomic E-state index is 6.12. The van der Waals surface area contributed by atoms with Crippen LogP contribution < -0.4 is 5.32 Å². The number of nitrogens with one attached hydrogen (secondary N) is 1. The Bertz CT molecular complexity index is 532. The van der Waals surface area contributed by atoms with Crippen LogP contribution in [0.5, 0.6) is 0 Å². The zero-order chi connectivity index (χ0) is 17.1. The molecule has 5 heteroatoms. The lowest BCUT2D eigenvalue weighted by Gasteiger charge is -2.41. The molecule has 2 saturated heterocycles. The lowest BCUT2D eigenvalue weighted by Crippen LogP contribution is -2.51. The first-order valence-corrected chi connectivity index (χ1v) is 10.4. The highest BCUT2D eigenvalue weighted by Crippen LogP contribution is 2.30. The van der Waals surface area contributed by atoms with Crippen molar-refractivity contribution in [3.63, 3.8) is 0 Å². The average molecular weight is 347 g/mol. The lowest BCUT2D eigenvalue weighted by atomic mass is 9.91. The summed E-state index contributed by atoms with van der Waals surface area (Å²) in [6, 6.07) is 1.95. The largest absolute Gasteiger partial charge is 0.372 e. The fourth-order valence-corrected chi connectivity index (χ4v) is 5.05. The van der Waals surface area contributed by atoms with Gasteiger partial charge in [0.25, 0.3) is 0 Å². The van der Waals surface area contributed by atoms with Crippen LogP contribution in [-0.2, 0) is 11.8 Å². The van der Waals surface area contributed by atoms with Crippen molar-refractivity contribution in [2.75, 3.05) is 19.7 Å². The lowest BCUT2D eigenvalue weighted by molar-refractivity contribution is -0.0171. The van der Waals surface area contributed by atoms with Gasteiger partial charge in [-0.2, -0.15) is 5.10 Å². The minimum Gasteiger partial charge on any atom is -0.372 e. The predicted molar refractivity (Wildman–Crippen MR) is 99.5 cm³/mol. The van der Waals surface area contributed by atoms with E-state index in [0.717, 1.165) is 19.1 Å². The number of hydrogen-bond acceptors (Lipinski definition) is 4. The van der Waals surface area contributed by atoms with Crippen molar-refractivity contribution in [1.82, 2.24) is 20.0 Å². The fraction of sp³-hybridized carbons (Fsp3) is 0.850. The molecule has 0 spiro atoms. The summed E-state index contributed by atoms with van der Waals surface area (Å²) in [7, 11) is 1.98. The minimum atomic E-state index is 0.166. The maximum Gasteiger partial charge on any atom is 0.101 e. The molecule has 0 radical (unpaired) electrons. The van der Waals surface area contributed by atoms with Crippen molar-refractivity contribution in [3.8, 4) is 0 Å². The Balaban J connectivity index is 1.30. The number of hydrogen-bond donors (Lipinski definition) is 1. The van der Waals surface area contributed by atoms with E-state index in [1.54, 1.807) is 0 Å². The van der Waals surface area contributed by atoms with Gasteiger partial charge in [0.1, 0.15) is 6.10 Å². The quantitative estimate of drug-likeness (QED) is 0.910. The average Bonchev–Trinajstić information content (AvgIpc) is 3.10. The summed E-state index contributed by atoms with van der Waals surface area (Å²) in [4.78, 5) is 2.77. The van der Waals surface area contributed by atoms with Crippen LogP contribution in [0.3, 0.4) is 0 Å². The van der Waals surface area contributed by atoms with Gasteiger partial charge in [0, 0.05) is 43.5 Å². The molecule has 3 heterocycles. The van der Waals surface area contributed by atoms with E-state index in [1.807, 2.05) is 17.9 Å². The van der Waals surface area contributed by atoms with Crippen molar-refractivity contribution in [1.29, 1.82) is 0 Å². The topological polar surface area (TPSA) is 42.3 Å². The molecule has 140 valence electrons. The first-order chi connectivity index (χ1) is 12.3. The molecule has 1 aromatic heterocycles. The molecule has 3 fully saturated rings. The predicted octanol–water partition coefficient (Wildman–Crippen LogP) is 3.03. The van der Waals surface area contributed by atoms with Gasteiger partial charge < -0.3 is 15.0 Å². The first-order valence-electron chi connectivity index (χ1n) is 10.4. The third-order valence-corrected chi connectivity index (χ3v) is 6.45. The van der Waals surface area contributed by atoms with Crippen LogP contribution in [0.2, 0.25) is 0 Å². The van der Waals surface area contributed by atoms with Crippen molar-refractivity contribution in [2.45, 2.75) is 82.0 Å². The summed E-state index contributed by atoms with van der Waals surface area (Å²) in [6.45, 7) is 3.42. The van der Waals surface area contributed by atoms with Gasteiger partial charge in [-0.1, -0.05) is 19.3 Å². The number of nitrogens with zero attached hydrogens (tertiary/aromatic N) is 3. The van der Waals surface area contributed by atoms with Gasteiger partial charge in [-0.05, 0) is 51.6 Å². The second kappa shape index (κ2) is 8.19. The van der Waals surface area contributed by atoms with E-state index in [9.17, 15) is 0 Å². The molecule has 4 rings (SSSR count). The van der Waals surface area contributed by atoms with Crippen molar-refractivity contribution in [2.24, 2.45) is 7.05 Å². The van der Waals surface area contributed by atoms with Gasteiger partial charge in [0.2, 0.25) is 0 Å². The highest BCUT2D eigenvalue weighted by atomic mass is 16.5. The first kappa shape index (κ1) is 17.5. The third kappa shape index (κ3) is 4.26. The molecule has 1 N–H and O–H groups in total. The normalized spacial score (nSPS) is 30.6. The summed E-state index contributed by atoms with van der Waals surface area (Å²) in [5, 5.41) is 8.29. The fourth-order valence-electron chi connectivity index (χ4n) is 5.05. The van der Waals surface area contributed by atoms with E-state index in [1.165, 1.54) is 70.0 Å². The molecule has 0 amide bonds. The van der Waals surface area contributed by atoms with Crippen molar-refractivity contribution < 1.29 is 4.74 Å². The molecule has 25 heavy (non-hydrogen) atoms. The van der Waals surface area contributed by atoms with E-state index in [0.29, 0.717) is 12.1 Å². The van der Waals surface area contributed by atoms with Crippen molar-refractivity contribution >= 4 is 0 Å². The second-order valence-electron chi connectivity index (χ2n) is 8.26. The summed E-state index contributed by atoms with van der Waals surface area (Å²) in [6.07, 6.45) is 16.4. The van der Waals surface area contributed by atoms with E-state index in [-0.39, 0.29) is 6.10 Å². The minimum absolute atomic E-state index is 0.166. The molecule has 2 aliphatic heterocycles. The Morgan fingerprint density at radius 2 is 1.84 bits per heavy atom. The molecule has 2 atom stereocenters. The Morgan fingerprint density at radius 1 is 1.04 bits per heavy atom. The van der Waals surface area contributed by atoms with Crippen molar-refractivity contribution in [3.05, 3.63) is 18.0 Å². The van der Waals surface area contributed by atoms with Gasteiger partial charge in [0.05, 0.1) is 6.20 Å². The molecule has 0 aromatic carbocycles. The van der Waals surface area contributed by atoms with Gasteiger partial charge in [-0.15, -0.1) is 0 Å². The van der Waals surface area contributed by atoms with Gasteiger partial charge in [-0.3, -0.25) is 4.68 Å². The van der Waals surface area contributed by atoms with Gasteiger partial charge in [0.15, 0.2) is 0 Å².